The van der Waals surface area contributed by atoms with Gasteiger partial charge < -0.3 is 10.4 Å². The molecule has 0 saturated heterocycles. The van der Waals surface area contributed by atoms with Crippen LogP contribution in [0.15, 0.2) is 24.3 Å². The minimum absolute atomic E-state index is 0.0300. The molecule has 4 atom stereocenters. The van der Waals surface area contributed by atoms with E-state index >= 15 is 0 Å². The minimum Gasteiger partial charge on any atom is -0.375 e. The van der Waals surface area contributed by atoms with Crippen molar-refractivity contribution in [3.05, 3.63) is 29.8 Å². The predicted molar refractivity (Wildman–Crippen MR) is 74.6 cm³/mol. The molecule has 3 nitrogen and oxygen atoms in total. The average Bonchev–Trinajstić information content (AvgIpc) is 2.66. The third kappa shape index (κ3) is 1.79. The lowest BCUT2D eigenvalue weighted by Crippen LogP contribution is -2.44. The summed E-state index contributed by atoms with van der Waals surface area (Å²) in [6.45, 7) is 4.48. The highest BCUT2D eigenvalue weighted by molar-refractivity contribution is 6.05. The lowest BCUT2D eigenvalue weighted by Gasteiger charge is -2.39. The molecule has 1 aromatic carbocycles. The number of fused-ring (bicyclic) bond motifs is 1. The molecule has 1 fully saturated rings. The van der Waals surface area contributed by atoms with Gasteiger partial charge in [-0.15, -0.1) is 0 Å². The van der Waals surface area contributed by atoms with Crippen LogP contribution < -0.4 is 5.32 Å². The van der Waals surface area contributed by atoms with Gasteiger partial charge in [0, 0.05) is 17.2 Å². The first kappa shape index (κ1) is 12.7. The van der Waals surface area contributed by atoms with Crippen molar-refractivity contribution in [2.75, 3.05) is 5.32 Å². The highest BCUT2D eigenvalue weighted by Gasteiger charge is 2.51. The number of nitrogens with one attached hydrogen (secondary N) is 1. The van der Waals surface area contributed by atoms with Gasteiger partial charge in [0.2, 0.25) is 0 Å². The highest BCUT2D eigenvalue weighted by atomic mass is 16.3. The van der Waals surface area contributed by atoms with E-state index in [0.717, 1.165) is 30.5 Å². The van der Waals surface area contributed by atoms with Gasteiger partial charge in [0.15, 0.2) is 5.60 Å². The van der Waals surface area contributed by atoms with Crippen LogP contribution in [-0.4, -0.2) is 11.0 Å². The van der Waals surface area contributed by atoms with Gasteiger partial charge in [0.25, 0.3) is 5.91 Å². The monoisotopic (exact) mass is 259 g/mol. The molecule has 1 amide bonds. The summed E-state index contributed by atoms with van der Waals surface area (Å²) < 4.78 is 0. The maximum absolute atomic E-state index is 12.3. The van der Waals surface area contributed by atoms with Gasteiger partial charge in [0.1, 0.15) is 0 Å². The number of hydrogen-bond donors (Lipinski definition) is 2. The van der Waals surface area contributed by atoms with E-state index in [-0.39, 0.29) is 11.8 Å². The van der Waals surface area contributed by atoms with Crippen molar-refractivity contribution in [3.8, 4) is 0 Å². The Labute approximate surface area is 114 Å². The van der Waals surface area contributed by atoms with E-state index in [1.54, 1.807) is 0 Å². The molecule has 4 unspecified atom stereocenters. The molecular weight excluding hydrogens is 238 g/mol. The first-order valence-corrected chi connectivity index (χ1v) is 7.16. The molecule has 0 bridgehead atoms. The lowest BCUT2D eigenvalue weighted by molar-refractivity contribution is -0.142. The third-order valence-corrected chi connectivity index (χ3v) is 5.12. The molecular formula is C16H21NO2. The largest absolute Gasteiger partial charge is 0.375 e. The Morgan fingerprint density at radius 2 is 1.95 bits per heavy atom. The Morgan fingerprint density at radius 3 is 2.68 bits per heavy atom. The van der Waals surface area contributed by atoms with Crippen molar-refractivity contribution < 1.29 is 9.90 Å². The number of rotatable bonds is 1. The second kappa shape index (κ2) is 4.34. The number of hydrogen-bond acceptors (Lipinski definition) is 2. The van der Waals surface area contributed by atoms with Crippen LogP contribution in [-0.2, 0) is 10.4 Å². The van der Waals surface area contributed by atoms with Gasteiger partial charge in [-0.25, -0.2) is 0 Å². The fraction of sp³-hybridized carbons (Fsp3) is 0.562. The summed E-state index contributed by atoms with van der Waals surface area (Å²) in [4.78, 5) is 12.3. The van der Waals surface area contributed by atoms with Crippen molar-refractivity contribution in [3.63, 3.8) is 0 Å². The standard InChI is InChI=1S/C16H21NO2/c1-10-7-8-12(9-11(10)2)16(19)13-5-3-4-6-14(13)17-15(16)18/h3-6,10-12,19H,7-9H2,1-2H3,(H,17,18). The molecule has 3 heteroatoms. The van der Waals surface area contributed by atoms with Gasteiger partial charge in [0.05, 0.1) is 0 Å². The fourth-order valence-electron chi connectivity index (χ4n) is 3.60. The van der Waals surface area contributed by atoms with Crippen LogP contribution in [0.3, 0.4) is 0 Å². The van der Waals surface area contributed by atoms with Gasteiger partial charge in [-0.2, -0.15) is 0 Å². The van der Waals surface area contributed by atoms with Crippen molar-refractivity contribution >= 4 is 11.6 Å². The van der Waals surface area contributed by atoms with E-state index in [1.807, 2.05) is 24.3 Å². The molecule has 0 aromatic heterocycles. The number of anilines is 1. The second-order valence-electron chi connectivity index (χ2n) is 6.23. The SMILES string of the molecule is CC1CCC(C2(O)C(=O)Nc3ccccc32)CC1C. The van der Waals surface area contributed by atoms with Crippen molar-refractivity contribution in [2.24, 2.45) is 17.8 Å². The zero-order valence-electron chi connectivity index (χ0n) is 11.5. The van der Waals surface area contributed by atoms with Crippen molar-refractivity contribution in [1.29, 1.82) is 0 Å². The van der Waals surface area contributed by atoms with Gasteiger partial charge in [-0.1, -0.05) is 38.5 Å². The number of aliphatic hydroxyl groups is 1. The predicted octanol–water partition coefficient (Wildman–Crippen LogP) is 2.90. The van der Waals surface area contributed by atoms with E-state index in [1.165, 1.54) is 0 Å². The summed E-state index contributed by atoms with van der Waals surface area (Å²) in [7, 11) is 0. The maximum atomic E-state index is 12.3. The van der Waals surface area contributed by atoms with E-state index in [4.69, 9.17) is 0 Å². The molecule has 2 N–H and O–H groups in total. The van der Waals surface area contributed by atoms with Gasteiger partial charge in [-0.3, -0.25) is 4.79 Å². The normalized spacial score (nSPS) is 37.8. The Kier molecular flexibility index (Phi) is 2.90. The summed E-state index contributed by atoms with van der Waals surface area (Å²) >= 11 is 0. The highest BCUT2D eigenvalue weighted by Crippen LogP contribution is 2.48. The van der Waals surface area contributed by atoms with Crippen molar-refractivity contribution in [2.45, 2.75) is 38.7 Å². The number of carbonyl (C=O) groups is 1. The van der Waals surface area contributed by atoms with Gasteiger partial charge >= 0.3 is 0 Å². The summed E-state index contributed by atoms with van der Waals surface area (Å²) in [6, 6.07) is 7.51. The molecule has 1 aliphatic carbocycles. The quantitative estimate of drug-likeness (QED) is 0.814. The Morgan fingerprint density at radius 1 is 1.21 bits per heavy atom. The summed E-state index contributed by atoms with van der Waals surface area (Å²) in [5, 5.41) is 13.9. The minimum atomic E-state index is -1.33. The summed E-state index contributed by atoms with van der Waals surface area (Å²) in [5.41, 5.74) is 0.193. The molecule has 0 radical (unpaired) electrons. The van der Waals surface area contributed by atoms with E-state index in [9.17, 15) is 9.90 Å². The van der Waals surface area contributed by atoms with Crippen LogP contribution in [0.5, 0.6) is 0 Å². The summed E-state index contributed by atoms with van der Waals surface area (Å²) in [6.07, 6.45) is 2.92. The molecule has 1 aliphatic heterocycles. The molecule has 1 aromatic rings. The van der Waals surface area contributed by atoms with Crippen LogP contribution in [0.4, 0.5) is 5.69 Å². The molecule has 0 spiro atoms. The topological polar surface area (TPSA) is 49.3 Å². The Balaban J connectivity index is 1.97. The van der Waals surface area contributed by atoms with E-state index in [0.29, 0.717) is 11.8 Å². The number of benzene rings is 1. The molecule has 1 heterocycles. The molecule has 102 valence electrons. The lowest BCUT2D eigenvalue weighted by atomic mass is 9.68. The number of amides is 1. The second-order valence-corrected chi connectivity index (χ2v) is 6.23. The maximum Gasteiger partial charge on any atom is 0.261 e. The number of carbonyl (C=O) groups excluding carboxylic acids is 1. The molecule has 1 saturated carbocycles. The first-order valence-electron chi connectivity index (χ1n) is 7.16. The Hall–Kier alpha value is -1.35. The first-order chi connectivity index (χ1) is 9.03. The smallest absolute Gasteiger partial charge is 0.261 e. The molecule has 3 rings (SSSR count). The van der Waals surface area contributed by atoms with E-state index < -0.39 is 5.60 Å². The Bertz CT molecular complexity index is 513. The van der Waals surface area contributed by atoms with Crippen LogP contribution >= 0.6 is 0 Å². The van der Waals surface area contributed by atoms with Crippen molar-refractivity contribution in [1.82, 2.24) is 0 Å². The van der Waals surface area contributed by atoms with Gasteiger partial charge in [-0.05, 0) is 30.7 Å². The third-order valence-electron chi connectivity index (χ3n) is 5.12. The van der Waals surface area contributed by atoms with Crippen LogP contribution in [0, 0.1) is 17.8 Å². The van der Waals surface area contributed by atoms with Crippen LogP contribution in [0.1, 0.15) is 38.7 Å². The fourth-order valence-corrected chi connectivity index (χ4v) is 3.60. The van der Waals surface area contributed by atoms with E-state index in [2.05, 4.69) is 19.2 Å². The average molecular weight is 259 g/mol. The van der Waals surface area contributed by atoms with Crippen LogP contribution in [0.25, 0.3) is 0 Å². The zero-order chi connectivity index (χ0) is 13.6. The molecule has 2 aliphatic rings. The summed E-state index contributed by atoms with van der Waals surface area (Å²) in [5.74, 6) is 1.02. The zero-order valence-corrected chi connectivity index (χ0v) is 11.5. The molecule has 19 heavy (non-hydrogen) atoms. The van der Waals surface area contributed by atoms with Crippen LogP contribution in [0.2, 0.25) is 0 Å². The number of para-hydroxylation sites is 1.